The molecular weight excluding hydrogens is 214 g/mol. The molecule has 1 nitrogen and oxygen atoms in total. The van der Waals surface area contributed by atoms with E-state index in [2.05, 4.69) is 54.2 Å². The van der Waals surface area contributed by atoms with E-state index in [9.17, 15) is 0 Å². The largest absolute Gasteiger partial charge is 0.309 e. The van der Waals surface area contributed by atoms with Crippen LogP contribution in [0.1, 0.15) is 22.3 Å². The van der Waals surface area contributed by atoms with E-state index >= 15 is 0 Å². The van der Waals surface area contributed by atoms with Crippen LogP contribution >= 0.6 is 11.3 Å². The number of hydrogen-bond acceptors (Lipinski definition) is 2. The van der Waals surface area contributed by atoms with Gasteiger partial charge in [0.05, 0.1) is 0 Å². The van der Waals surface area contributed by atoms with Crippen molar-refractivity contribution in [2.75, 3.05) is 0 Å². The first-order valence-corrected chi connectivity index (χ1v) is 6.48. The molecule has 16 heavy (non-hydrogen) atoms. The van der Waals surface area contributed by atoms with Crippen LogP contribution in [0.4, 0.5) is 0 Å². The van der Waals surface area contributed by atoms with Gasteiger partial charge in [0.2, 0.25) is 0 Å². The maximum absolute atomic E-state index is 3.48. The summed E-state index contributed by atoms with van der Waals surface area (Å²) in [5.74, 6) is 0. The maximum atomic E-state index is 3.48. The van der Waals surface area contributed by atoms with Crippen LogP contribution < -0.4 is 5.32 Å². The van der Waals surface area contributed by atoms with Gasteiger partial charge in [-0.05, 0) is 52.9 Å². The Morgan fingerprint density at radius 2 is 2.00 bits per heavy atom. The van der Waals surface area contributed by atoms with Gasteiger partial charge in [0.15, 0.2) is 0 Å². The van der Waals surface area contributed by atoms with Crippen molar-refractivity contribution in [3.8, 4) is 0 Å². The van der Waals surface area contributed by atoms with E-state index in [0.29, 0.717) is 0 Å². The lowest BCUT2D eigenvalue weighted by molar-refractivity contribution is 0.691. The van der Waals surface area contributed by atoms with Gasteiger partial charge in [0.25, 0.3) is 0 Å². The molecular formula is C14H17NS. The second-order valence-electron chi connectivity index (χ2n) is 4.09. The topological polar surface area (TPSA) is 12.0 Å². The van der Waals surface area contributed by atoms with Gasteiger partial charge in [0.1, 0.15) is 0 Å². The van der Waals surface area contributed by atoms with Gasteiger partial charge >= 0.3 is 0 Å². The maximum Gasteiger partial charge on any atom is 0.0216 e. The highest BCUT2D eigenvalue weighted by Gasteiger charge is 2.00. The molecule has 2 heteroatoms. The van der Waals surface area contributed by atoms with Crippen molar-refractivity contribution >= 4 is 11.3 Å². The zero-order valence-electron chi connectivity index (χ0n) is 9.79. The molecule has 1 aromatic carbocycles. The van der Waals surface area contributed by atoms with Crippen LogP contribution in [0.3, 0.4) is 0 Å². The first-order chi connectivity index (χ1) is 7.77. The van der Waals surface area contributed by atoms with Crippen LogP contribution in [0, 0.1) is 13.8 Å². The Morgan fingerprint density at radius 1 is 1.12 bits per heavy atom. The van der Waals surface area contributed by atoms with Crippen molar-refractivity contribution in [2.24, 2.45) is 0 Å². The molecule has 0 radical (unpaired) electrons. The van der Waals surface area contributed by atoms with E-state index in [1.165, 1.54) is 22.3 Å². The van der Waals surface area contributed by atoms with Crippen molar-refractivity contribution in [3.63, 3.8) is 0 Å². The van der Waals surface area contributed by atoms with Gasteiger partial charge in [-0.2, -0.15) is 11.3 Å². The number of rotatable bonds is 4. The lowest BCUT2D eigenvalue weighted by Crippen LogP contribution is -2.13. The number of thiophene rings is 1. The lowest BCUT2D eigenvalue weighted by atomic mass is 10.0. The predicted octanol–water partition coefficient (Wildman–Crippen LogP) is 3.65. The highest BCUT2D eigenvalue weighted by Crippen LogP contribution is 2.12. The minimum Gasteiger partial charge on any atom is -0.309 e. The molecule has 1 aromatic heterocycles. The highest BCUT2D eigenvalue weighted by atomic mass is 32.1. The first kappa shape index (κ1) is 11.4. The Bertz CT molecular complexity index is 446. The van der Waals surface area contributed by atoms with Gasteiger partial charge in [-0.3, -0.25) is 0 Å². The van der Waals surface area contributed by atoms with Crippen LogP contribution in [0.15, 0.2) is 35.0 Å². The molecule has 0 aliphatic rings. The summed E-state index contributed by atoms with van der Waals surface area (Å²) in [4.78, 5) is 0. The monoisotopic (exact) mass is 231 g/mol. The zero-order valence-corrected chi connectivity index (χ0v) is 10.6. The Balaban J connectivity index is 1.92. The molecule has 1 heterocycles. The van der Waals surface area contributed by atoms with Gasteiger partial charge in [0, 0.05) is 13.1 Å². The van der Waals surface area contributed by atoms with Crippen molar-refractivity contribution in [1.29, 1.82) is 0 Å². The second kappa shape index (κ2) is 5.28. The second-order valence-corrected chi connectivity index (χ2v) is 4.87. The fourth-order valence-electron chi connectivity index (χ4n) is 1.74. The fourth-order valence-corrected chi connectivity index (χ4v) is 2.41. The SMILES string of the molecule is Cc1cccc(CNCc2ccsc2)c1C. The molecule has 0 aliphatic heterocycles. The van der Waals surface area contributed by atoms with Crippen molar-refractivity contribution in [2.45, 2.75) is 26.9 Å². The number of benzene rings is 1. The van der Waals surface area contributed by atoms with Gasteiger partial charge in [-0.25, -0.2) is 0 Å². The molecule has 2 aromatic rings. The Kier molecular flexibility index (Phi) is 3.75. The van der Waals surface area contributed by atoms with E-state index in [1.54, 1.807) is 11.3 Å². The standard InChI is InChI=1S/C14H17NS/c1-11-4-3-5-14(12(11)2)9-15-8-13-6-7-16-10-13/h3-7,10,15H,8-9H2,1-2H3. The van der Waals surface area contributed by atoms with Crippen LogP contribution in [0.5, 0.6) is 0 Å². The van der Waals surface area contributed by atoms with Crippen molar-refractivity contribution in [3.05, 3.63) is 57.3 Å². The third-order valence-corrected chi connectivity index (χ3v) is 3.67. The highest BCUT2D eigenvalue weighted by molar-refractivity contribution is 7.07. The van der Waals surface area contributed by atoms with E-state index in [4.69, 9.17) is 0 Å². The van der Waals surface area contributed by atoms with E-state index < -0.39 is 0 Å². The third-order valence-electron chi connectivity index (χ3n) is 2.94. The summed E-state index contributed by atoms with van der Waals surface area (Å²) in [5, 5.41) is 7.79. The zero-order chi connectivity index (χ0) is 11.4. The third kappa shape index (κ3) is 2.71. The molecule has 84 valence electrons. The van der Waals surface area contributed by atoms with Gasteiger partial charge in [-0.1, -0.05) is 18.2 Å². The number of nitrogens with one attached hydrogen (secondary N) is 1. The normalized spacial score (nSPS) is 10.6. The summed E-state index contributed by atoms with van der Waals surface area (Å²) in [5.41, 5.74) is 5.54. The van der Waals surface area contributed by atoms with Crippen LogP contribution in [0.2, 0.25) is 0 Å². The van der Waals surface area contributed by atoms with Crippen LogP contribution in [-0.4, -0.2) is 0 Å². The van der Waals surface area contributed by atoms with E-state index in [1.807, 2.05) is 0 Å². The van der Waals surface area contributed by atoms with Crippen molar-refractivity contribution < 1.29 is 0 Å². The lowest BCUT2D eigenvalue weighted by Gasteiger charge is -2.09. The summed E-state index contributed by atoms with van der Waals surface area (Å²) < 4.78 is 0. The molecule has 0 unspecified atom stereocenters. The smallest absolute Gasteiger partial charge is 0.0216 e. The molecule has 0 atom stereocenters. The Labute approximate surface area is 101 Å². The van der Waals surface area contributed by atoms with Gasteiger partial charge in [-0.15, -0.1) is 0 Å². The summed E-state index contributed by atoms with van der Waals surface area (Å²) in [7, 11) is 0. The minimum atomic E-state index is 0.948. The summed E-state index contributed by atoms with van der Waals surface area (Å²) in [6.07, 6.45) is 0. The average Bonchev–Trinajstić information content (AvgIpc) is 2.77. The number of hydrogen-bond donors (Lipinski definition) is 1. The molecule has 0 saturated heterocycles. The average molecular weight is 231 g/mol. The molecule has 0 fully saturated rings. The minimum absolute atomic E-state index is 0.948. The Hall–Kier alpha value is -1.12. The van der Waals surface area contributed by atoms with E-state index in [-0.39, 0.29) is 0 Å². The van der Waals surface area contributed by atoms with E-state index in [0.717, 1.165) is 13.1 Å². The quantitative estimate of drug-likeness (QED) is 0.847. The number of aryl methyl sites for hydroxylation is 1. The van der Waals surface area contributed by atoms with Crippen LogP contribution in [0.25, 0.3) is 0 Å². The van der Waals surface area contributed by atoms with Crippen molar-refractivity contribution in [1.82, 2.24) is 5.32 Å². The van der Waals surface area contributed by atoms with Gasteiger partial charge < -0.3 is 5.32 Å². The molecule has 0 aliphatic carbocycles. The molecule has 0 bridgehead atoms. The molecule has 0 spiro atoms. The Morgan fingerprint density at radius 3 is 2.75 bits per heavy atom. The molecule has 0 amide bonds. The molecule has 0 saturated carbocycles. The summed E-state index contributed by atoms with van der Waals surface area (Å²) in [6.45, 7) is 6.26. The molecule has 1 N–H and O–H groups in total. The predicted molar refractivity (Wildman–Crippen MR) is 70.8 cm³/mol. The molecule has 2 rings (SSSR count). The summed E-state index contributed by atoms with van der Waals surface area (Å²) >= 11 is 1.75. The van der Waals surface area contributed by atoms with Crippen LogP contribution in [-0.2, 0) is 13.1 Å². The first-order valence-electron chi connectivity index (χ1n) is 5.54. The summed E-state index contributed by atoms with van der Waals surface area (Å²) in [6, 6.07) is 8.66. The fraction of sp³-hybridized carbons (Fsp3) is 0.286.